The largest absolute Gasteiger partial charge is 0.383 e. The van der Waals surface area contributed by atoms with Crippen LogP contribution in [-0.2, 0) is 46.3 Å². The lowest BCUT2D eigenvalue weighted by Gasteiger charge is -2.38. The van der Waals surface area contributed by atoms with Gasteiger partial charge in [0.25, 0.3) is 0 Å². The molecule has 18 nitrogen and oxygen atoms in total. The van der Waals surface area contributed by atoms with Gasteiger partial charge < -0.3 is 56.4 Å². The van der Waals surface area contributed by atoms with Crippen molar-refractivity contribution in [1.29, 1.82) is 0 Å². The van der Waals surface area contributed by atoms with Gasteiger partial charge in [-0.15, -0.1) is 0 Å². The molecule has 18 heteroatoms. The predicted molar refractivity (Wildman–Crippen MR) is 253 cm³/mol. The Morgan fingerprint density at radius 3 is 2.01 bits per heavy atom. The minimum Gasteiger partial charge on any atom is -0.383 e. The van der Waals surface area contributed by atoms with E-state index in [2.05, 4.69) is 41.9 Å². The minimum atomic E-state index is -1.42. The number of ether oxygens (including phenoxy) is 1. The van der Waals surface area contributed by atoms with Gasteiger partial charge in [-0.05, 0) is 80.5 Å². The smallest absolute Gasteiger partial charge is 0.314 e. The lowest BCUT2D eigenvalue weighted by Crippen LogP contribution is -2.65. The van der Waals surface area contributed by atoms with E-state index in [4.69, 9.17) is 4.74 Å². The number of hydrogen-bond acceptors (Lipinski definition) is 8. The number of benzene rings is 2. The number of aromatic amines is 2. The van der Waals surface area contributed by atoms with E-state index in [-0.39, 0.29) is 56.8 Å². The molecular weight excluding hydrogens is 869 g/mol. The van der Waals surface area contributed by atoms with Crippen molar-refractivity contribution in [2.45, 2.75) is 132 Å². The van der Waals surface area contributed by atoms with Crippen molar-refractivity contribution in [3.05, 3.63) is 72.1 Å². The first kappa shape index (κ1) is 46.7. The second kappa shape index (κ2) is 20.4. The van der Waals surface area contributed by atoms with E-state index in [9.17, 15) is 24.0 Å². The summed E-state index contributed by atoms with van der Waals surface area (Å²) < 4.78 is 5.04. The van der Waals surface area contributed by atoms with E-state index in [1.807, 2.05) is 54.7 Å². The zero-order chi connectivity index (χ0) is 47.4. The molecule has 0 bridgehead atoms. The van der Waals surface area contributed by atoms with Crippen LogP contribution in [0.5, 0.6) is 0 Å². The molecule has 7 unspecified atom stereocenters. The lowest BCUT2D eigenvalue weighted by atomic mass is 9.84. The molecule has 3 saturated heterocycles. The van der Waals surface area contributed by atoms with Crippen molar-refractivity contribution in [2.24, 2.45) is 5.92 Å². The van der Waals surface area contributed by atoms with Crippen LogP contribution in [0.3, 0.4) is 0 Å². The maximum absolute atomic E-state index is 15.2. The minimum absolute atomic E-state index is 0.00554. The van der Waals surface area contributed by atoms with Gasteiger partial charge in [0.2, 0.25) is 35.4 Å². The molecule has 1 spiro atoms. The fraction of sp³-hybridized carbons (Fsp3) is 0.540. The fourth-order valence-corrected chi connectivity index (χ4v) is 11.6. The van der Waals surface area contributed by atoms with Crippen LogP contribution in [0.4, 0.5) is 4.79 Å². The Labute approximate surface area is 395 Å². The average Bonchev–Trinajstić information content (AvgIpc) is 4.21. The normalized spacial score (nSPS) is 26.9. The van der Waals surface area contributed by atoms with Gasteiger partial charge in [0.05, 0.1) is 6.61 Å². The molecule has 9 rings (SSSR count). The second-order valence-corrected chi connectivity index (χ2v) is 19.3. The van der Waals surface area contributed by atoms with Crippen LogP contribution >= 0.6 is 0 Å². The topological polar surface area (TPSA) is 239 Å². The molecule has 2 aromatic carbocycles. The molecular formula is C50H64N10O8. The summed E-state index contributed by atoms with van der Waals surface area (Å²) in [4.78, 5) is 112. The van der Waals surface area contributed by atoms with E-state index in [1.165, 1.54) is 12.0 Å². The van der Waals surface area contributed by atoms with Crippen LogP contribution in [0.2, 0.25) is 0 Å². The average molecular weight is 933 g/mol. The third-order valence-electron chi connectivity index (χ3n) is 15.1. The number of amides is 8. The van der Waals surface area contributed by atoms with Gasteiger partial charge in [0.15, 0.2) is 0 Å². The van der Waals surface area contributed by atoms with Gasteiger partial charge in [0, 0.05) is 79.8 Å². The van der Waals surface area contributed by atoms with Crippen LogP contribution in [0, 0.1) is 5.92 Å². The number of rotatable bonds is 10. The Morgan fingerprint density at radius 1 is 0.691 bits per heavy atom. The molecule has 362 valence electrons. The number of nitrogens with zero attached hydrogens (tertiary/aromatic N) is 2. The zero-order valence-corrected chi connectivity index (χ0v) is 38.7. The fourth-order valence-electron chi connectivity index (χ4n) is 11.6. The number of carbonyl (C=O) groups excluding carboxylic acids is 7. The first-order valence-corrected chi connectivity index (χ1v) is 24.5. The summed E-state index contributed by atoms with van der Waals surface area (Å²) in [5.74, 6) is -2.92. The highest BCUT2D eigenvalue weighted by atomic mass is 16.5. The van der Waals surface area contributed by atoms with Crippen LogP contribution in [0.25, 0.3) is 21.8 Å². The van der Waals surface area contributed by atoms with Gasteiger partial charge in [0.1, 0.15) is 35.7 Å². The lowest BCUT2D eigenvalue weighted by molar-refractivity contribution is -0.150. The Hall–Kier alpha value is -6.43. The molecule has 5 heterocycles. The van der Waals surface area contributed by atoms with Crippen LogP contribution in [-0.4, -0.2) is 136 Å². The van der Waals surface area contributed by atoms with Gasteiger partial charge in [-0.2, -0.15) is 0 Å². The first-order valence-electron chi connectivity index (χ1n) is 24.5. The third kappa shape index (κ3) is 9.64. The summed E-state index contributed by atoms with van der Waals surface area (Å²) in [6, 6.07) is 9.27. The standard InChI is InChI=1S/C50H64N10O8/c1-68-24-22-52-49(67)51-21-18-37-46(64)59-23-10-17-41(59)47(65)60-40-16-7-2-11-30(40)27-42(60)45(63)56-39(26-32-29-54-36-15-6-4-13-34(32)36)44(62)58-50(19-8-9-20-50)48(66)57-38(43(61)55-37)25-31-28-53-35-14-5-3-12-33(31)35/h3-6,12-15,28-30,37-42,53-54H,2,7-11,16-27H2,1H3,(H,55,61)(H,56,63)(H,57,66)(H,58,62)(H2,51,52,67). The van der Waals surface area contributed by atoms with E-state index in [0.29, 0.717) is 58.0 Å². The maximum atomic E-state index is 15.2. The third-order valence-corrected chi connectivity index (χ3v) is 15.1. The number of para-hydroxylation sites is 2. The predicted octanol–water partition coefficient (Wildman–Crippen LogP) is 2.82. The summed E-state index contributed by atoms with van der Waals surface area (Å²) in [6.45, 7) is 0.805. The monoisotopic (exact) mass is 932 g/mol. The molecule has 2 aromatic heterocycles. The van der Waals surface area contributed by atoms with E-state index >= 15 is 9.59 Å². The number of carbonyl (C=O) groups is 7. The Bertz CT molecular complexity index is 2530. The van der Waals surface area contributed by atoms with Crippen molar-refractivity contribution >= 4 is 63.3 Å². The number of nitrogens with one attached hydrogen (secondary N) is 8. The Kier molecular flexibility index (Phi) is 14.0. The van der Waals surface area contributed by atoms with Gasteiger partial charge in [-0.3, -0.25) is 28.8 Å². The molecule has 5 fully saturated rings. The molecule has 68 heavy (non-hydrogen) atoms. The molecule has 7 atom stereocenters. The molecule has 8 amide bonds. The van der Waals surface area contributed by atoms with Crippen LogP contribution < -0.4 is 31.9 Å². The summed E-state index contributed by atoms with van der Waals surface area (Å²) in [6.07, 6.45) is 10.3. The second-order valence-electron chi connectivity index (χ2n) is 19.3. The molecule has 2 aliphatic carbocycles. The molecule has 5 aliphatic rings. The summed E-state index contributed by atoms with van der Waals surface area (Å²) in [7, 11) is 1.52. The van der Waals surface area contributed by atoms with Gasteiger partial charge in [-0.25, -0.2) is 4.79 Å². The molecule has 8 N–H and O–H groups in total. The van der Waals surface area contributed by atoms with E-state index < -0.39 is 71.3 Å². The van der Waals surface area contributed by atoms with Crippen molar-refractivity contribution in [1.82, 2.24) is 51.7 Å². The highest BCUT2D eigenvalue weighted by Crippen LogP contribution is 2.41. The number of fused-ring (bicyclic) bond motifs is 6. The van der Waals surface area contributed by atoms with E-state index in [1.54, 1.807) is 11.1 Å². The van der Waals surface area contributed by atoms with Crippen LogP contribution in [0.1, 0.15) is 88.2 Å². The highest BCUT2D eigenvalue weighted by molar-refractivity contribution is 6.00. The van der Waals surface area contributed by atoms with Crippen molar-refractivity contribution in [3.8, 4) is 0 Å². The number of H-pyrrole nitrogens is 2. The molecule has 0 radical (unpaired) electrons. The van der Waals surface area contributed by atoms with Crippen molar-refractivity contribution in [3.63, 3.8) is 0 Å². The molecule has 3 aliphatic heterocycles. The zero-order valence-electron chi connectivity index (χ0n) is 38.7. The molecule has 2 saturated carbocycles. The summed E-state index contributed by atoms with van der Waals surface area (Å²) in [5.41, 5.74) is 1.83. The number of hydrogen-bond donors (Lipinski definition) is 8. The number of methoxy groups -OCH3 is 1. The van der Waals surface area contributed by atoms with Gasteiger partial charge in [-0.1, -0.05) is 62.1 Å². The SMILES string of the molecule is COCCNC(=O)NCCC1NC(=O)C(Cc2c[nH]c3ccccc23)NC(=O)C2(CCCC2)NC(=O)C(Cc2c[nH]c3ccccc23)NC(=O)C2CC3CCCCC3N2C(=O)C2CCCN2C1=O. The van der Waals surface area contributed by atoms with E-state index in [0.717, 1.165) is 52.2 Å². The van der Waals surface area contributed by atoms with Gasteiger partial charge >= 0.3 is 6.03 Å². The summed E-state index contributed by atoms with van der Waals surface area (Å²) in [5, 5.41) is 19.4. The Morgan fingerprint density at radius 2 is 1.32 bits per heavy atom. The number of urea groups is 1. The molecule has 4 aromatic rings. The maximum Gasteiger partial charge on any atom is 0.314 e. The van der Waals surface area contributed by atoms with Crippen LogP contribution in [0.15, 0.2) is 60.9 Å². The Balaban J connectivity index is 1.10. The first-order chi connectivity index (χ1) is 33.0. The van der Waals surface area contributed by atoms with Crippen molar-refractivity contribution < 1.29 is 38.3 Å². The van der Waals surface area contributed by atoms with Crippen molar-refractivity contribution in [2.75, 3.05) is 33.4 Å². The summed E-state index contributed by atoms with van der Waals surface area (Å²) >= 11 is 0. The number of aromatic nitrogens is 2. The highest BCUT2D eigenvalue weighted by Gasteiger charge is 2.52. The quantitative estimate of drug-likeness (QED) is 0.110.